The van der Waals surface area contributed by atoms with Gasteiger partial charge in [-0.05, 0) is 51.8 Å². The fourth-order valence-corrected chi connectivity index (χ4v) is 5.88. The van der Waals surface area contributed by atoms with Crippen molar-refractivity contribution >= 4 is 52.5 Å². The molecule has 1 rings (SSSR count). The van der Waals surface area contributed by atoms with Crippen LogP contribution in [-0.4, -0.2) is 43.4 Å². The maximum absolute atomic E-state index is 12.5. The van der Waals surface area contributed by atoms with Crippen molar-refractivity contribution in [3.05, 3.63) is 33.4 Å². The maximum atomic E-state index is 12.5. The van der Waals surface area contributed by atoms with Gasteiger partial charge in [0.2, 0.25) is 0 Å². The van der Waals surface area contributed by atoms with Crippen LogP contribution in [0.1, 0.15) is 107 Å². The van der Waals surface area contributed by atoms with Gasteiger partial charge in [-0.1, -0.05) is 112 Å². The molecule has 0 aliphatic heterocycles. The Kier molecular flexibility index (Phi) is 22.6. The average molecular weight is 700 g/mol. The second-order valence-electron chi connectivity index (χ2n) is 9.25. The van der Waals surface area contributed by atoms with Gasteiger partial charge in [0.15, 0.2) is 12.3 Å². The van der Waals surface area contributed by atoms with Crippen molar-refractivity contribution in [2.24, 2.45) is 0 Å². The van der Waals surface area contributed by atoms with E-state index in [9.17, 15) is 9.36 Å². The molecule has 0 bridgehead atoms. The first kappa shape index (κ1) is 33.9. The molecule has 0 saturated carbocycles. The highest BCUT2D eigenvalue weighted by Gasteiger charge is 2.23. The van der Waals surface area contributed by atoms with E-state index in [1.165, 1.54) is 77.0 Å². The minimum Gasteiger partial charge on any atom is -0.454 e. The Hall–Kier alpha value is -0.0800. The van der Waals surface area contributed by atoms with Crippen molar-refractivity contribution in [2.45, 2.75) is 103 Å². The quantitative estimate of drug-likeness (QED) is 0.0354. The van der Waals surface area contributed by atoms with Crippen molar-refractivity contribution in [3.8, 4) is 0 Å². The molecule has 0 spiro atoms. The Morgan fingerprint density at radius 3 is 2.06 bits per heavy atom. The first-order chi connectivity index (χ1) is 17.6. The Labute approximate surface area is 242 Å². The molecule has 0 aliphatic rings. The zero-order valence-electron chi connectivity index (χ0n) is 22.1. The zero-order valence-corrected chi connectivity index (χ0v) is 26.7. The van der Waals surface area contributed by atoms with Crippen LogP contribution in [0.5, 0.6) is 0 Å². The van der Waals surface area contributed by atoms with E-state index >= 15 is 0 Å². The molecule has 0 aromatic heterocycles. The number of unbranched alkanes of at least 4 members (excludes halogenated alkanes) is 13. The van der Waals surface area contributed by atoms with Gasteiger partial charge in [0.25, 0.3) is 0 Å². The van der Waals surface area contributed by atoms with Crippen molar-refractivity contribution in [2.75, 3.05) is 31.3 Å². The summed E-state index contributed by atoms with van der Waals surface area (Å²) >= 11 is 5.43. The summed E-state index contributed by atoms with van der Waals surface area (Å²) in [6, 6.07) is 7.25. The lowest BCUT2D eigenvalue weighted by Gasteiger charge is -2.16. The highest BCUT2D eigenvalue weighted by atomic mass is 127. The number of ether oxygens (including phenoxy) is 2. The number of rotatable bonds is 24. The normalized spacial score (nSPS) is 12.5. The van der Waals surface area contributed by atoms with Crippen LogP contribution >= 0.6 is 46.5 Å². The molecular weight excluding hydrogens is 654 g/mol. The van der Waals surface area contributed by atoms with Gasteiger partial charge in [0.1, 0.15) is 6.61 Å². The number of alkyl halides is 1. The minimum atomic E-state index is -1.78. The Bertz CT molecular complexity index is 706. The van der Waals surface area contributed by atoms with E-state index in [0.29, 0.717) is 23.7 Å². The smallest absolute Gasteiger partial charge is 0.454 e. The topological polar surface area (TPSA) is 61.8 Å². The van der Waals surface area contributed by atoms with Crippen LogP contribution in [0, 0.1) is 3.57 Å². The number of esters is 1. The number of carbonyl (C=O) groups excluding carboxylic acids is 1. The molecule has 2 unspecified atom stereocenters. The van der Waals surface area contributed by atoms with Crippen LogP contribution in [0.3, 0.4) is 0 Å². The minimum absolute atomic E-state index is 0.0661. The van der Waals surface area contributed by atoms with E-state index < -0.39 is 20.1 Å². The molecule has 1 aromatic rings. The van der Waals surface area contributed by atoms with E-state index in [0.717, 1.165) is 16.4 Å². The Morgan fingerprint density at radius 1 is 0.917 bits per heavy atom. The zero-order chi connectivity index (χ0) is 26.3. The lowest BCUT2D eigenvalue weighted by molar-refractivity contribution is -0.0194. The van der Waals surface area contributed by atoms with Crippen LogP contribution in [0.15, 0.2) is 24.3 Å². The summed E-state index contributed by atoms with van der Waals surface area (Å²) in [5, 5.41) is 0.602. The SMILES string of the molecule is CCCCCCCCCCCCCCCCOCC(CO[P+](=O)CCBr)OC(=O)c1cccc(I)c1. The molecular formula is C28H46BrIO5P+. The maximum Gasteiger partial charge on any atom is 0.509 e. The highest BCUT2D eigenvalue weighted by molar-refractivity contribution is 14.1. The third-order valence-electron chi connectivity index (χ3n) is 5.95. The molecule has 0 aliphatic carbocycles. The highest BCUT2D eigenvalue weighted by Crippen LogP contribution is 2.23. The Morgan fingerprint density at radius 2 is 1.50 bits per heavy atom. The van der Waals surface area contributed by atoms with Gasteiger partial charge in [-0.15, -0.1) is 4.52 Å². The summed E-state index contributed by atoms with van der Waals surface area (Å²) < 4.78 is 29.7. The molecule has 206 valence electrons. The second-order valence-corrected chi connectivity index (χ2v) is 12.7. The average Bonchev–Trinajstić information content (AvgIpc) is 2.87. The Balaban J connectivity index is 2.15. The van der Waals surface area contributed by atoms with Gasteiger partial charge in [0.05, 0.1) is 17.5 Å². The van der Waals surface area contributed by atoms with Gasteiger partial charge >= 0.3 is 14.0 Å². The number of halogens is 2. The fraction of sp³-hybridized carbons (Fsp3) is 0.750. The van der Waals surface area contributed by atoms with Crippen LogP contribution in [0.4, 0.5) is 0 Å². The van der Waals surface area contributed by atoms with Gasteiger partial charge < -0.3 is 9.47 Å². The molecule has 0 radical (unpaired) electrons. The molecule has 2 atom stereocenters. The second kappa shape index (κ2) is 24.0. The van der Waals surface area contributed by atoms with Gasteiger partial charge in [0, 0.05) is 10.2 Å². The summed E-state index contributed by atoms with van der Waals surface area (Å²) in [5.41, 5.74) is 0.490. The number of hydrogen-bond acceptors (Lipinski definition) is 5. The molecule has 5 nitrogen and oxygen atoms in total. The number of carbonyl (C=O) groups is 1. The molecule has 0 N–H and O–H groups in total. The standard InChI is InChI=1S/C28H46BrIO5P/c1-2-3-4-5-6-7-8-9-10-11-12-13-14-15-20-33-23-27(24-34-36(32)21-19-29)35-28(31)25-17-16-18-26(30)22-25/h16-18,22,27H,2-15,19-21,23-24H2,1H3/q+1. The van der Waals surface area contributed by atoms with Crippen LogP contribution in [0.25, 0.3) is 0 Å². The molecule has 0 heterocycles. The first-order valence-corrected chi connectivity index (χ1v) is 17.3. The van der Waals surface area contributed by atoms with Crippen molar-refractivity contribution < 1.29 is 23.4 Å². The van der Waals surface area contributed by atoms with Crippen molar-refractivity contribution in [1.82, 2.24) is 0 Å². The first-order valence-electron chi connectivity index (χ1n) is 13.7. The predicted octanol–water partition coefficient (Wildman–Crippen LogP) is 9.47. The summed E-state index contributed by atoms with van der Waals surface area (Å²) in [7, 11) is -1.78. The lowest BCUT2D eigenvalue weighted by Crippen LogP contribution is -2.28. The van der Waals surface area contributed by atoms with Gasteiger partial charge in [-0.25, -0.2) is 4.79 Å². The van der Waals surface area contributed by atoms with E-state index in [2.05, 4.69) is 45.4 Å². The van der Waals surface area contributed by atoms with Crippen molar-refractivity contribution in [1.29, 1.82) is 0 Å². The monoisotopic (exact) mass is 699 g/mol. The number of benzene rings is 1. The number of hydrogen-bond donors (Lipinski definition) is 0. The largest absolute Gasteiger partial charge is 0.509 e. The summed E-state index contributed by atoms with van der Waals surface area (Å²) in [5.74, 6) is -0.419. The van der Waals surface area contributed by atoms with Crippen LogP contribution < -0.4 is 0 Å². The molecule has 8 heteroatoms. The molecule has 0 amide bonds. The van der Waals surface area contributed by atoms with Gasteiger partial charge in [-0.2, -0.15) is 0 Å². The summed E-state index contributed by atoms with van der Waals surface area (Å²) in [4.78, 5) is 12.5. The van der Waals surface area contributed by atoms with E-state index in [1.807, 2.05) is 12.1 Å². The molecule has 1 aromatic carbocycles. The fourth-order valence-electron chi connectivity index (χ4n) is 3.86. The lowest BCUT2D eigenvalue weighted by atomic mass is 10.0. The van der Waals surface area contributed by atoms with E-state index in [4.69, 9.17) is 14.0 Å². The third kappa shape index (κ3) is 19.1. The summed E-state index contributed by atoms with van der Waals surface area (Å²) in [6.07, 6.45) is 18.3. The van der Waals surface area contributed by atoms with E-state index in [-0.39, 0.29) is 13.2 Å². The molecule has 0 saturated heterocycles. The van der Waals surface area contributed by atoms with Gasteiger partial charge in [-0.3, -0.25) is 0 Å². The predicted molar refractivity (Wildman–Crippen MR) is 162 cm³/mol. The van der Waals surface area contributed by atoms with Crippen LogP contribution in [-0.2, 0) is 18.6 Å². The van der Waals surface area contributed by atoms with Crippen molar-refractivity contribution in [3.63, 3.8) is 0 Å². The molecule has 0 fully saturated rings. The van der Waals surface area contributed by atoms with Crippen LogP contribution in [0.2, 0.25) is 0 Å². The third-order valence-corrected chi connectivity index (χ3v) is 8.66. The summed E-state index contributed by atoms with van der Waals surface area (Å²) in [6.45, 7) is 3.20. The van der Waals surface area contributed by atoms with E-state index in [1.54, 1.807) is 12.1 Å². The molecule has 36 heavy (non-hydrogen) atoms.